The Hall–Kier alpha value is -3.39. The topological polar surface area (TPSA) is 94.2 Å². The molecular weight excluding hydrogens is 385 g/mol. The number of nitrogens with two attached hydrogens (primary N) is 1. The van der Waals surface area contributed by atoms with E-state index in [0.29, 0.717) is 43.2 Å². The number of hydrogen-bond donors (Lipinski definition) is 1. The third-order valence-electron chi connectivity index (χ3n) is 5.13. The Balaban J connectivity index is 1.48. The molecule has 7 nitrogen and oxygen atoms in total. The summed E-state index contributed by atoms with van der Waals surface area (Å²) >= 11 is 0. The van der Waals surface area contributed by atoms with Gasteiger partial charge in [-0.2, -0.15) is 0 Å². The fourth-order valence-corrected chi connectivity index (χ4v) is 3.58. The van der Waals surface area contributed by atoms with E-state index in [-0.39, 0.29) is 24.2 Å². The molecule has 4 rings (SSSR count). The van der Waals surface area contributed by atoms with Crippen molar-refractivity contribution in [1.29, 1.82) is 0 Å². The molecule has 1 fully saturated rings. The van der Waals surface area contributed by atoms with E-state index >= 15 is 0 Å². The van der Waals surface area contributed by atoms with Gasteiger partial charge in [-0.1, -0.05) is 18.2 Å². The van der Waals surface area contributed by atoms with Crippen LogP contribution < -0.4 is 5.73 Å². The van der Waals surface area contributed by atoms with E-state index in [1.54, 1.807) is 41.6 Å². The standard InChI is InChI=1S/C22H22FN5O2/c23-18-4-2-1-3-15(18)5-6-21(29)28-9-10-30-19(13-28)22-17(12-25-14-27-22)16-7-8-26-20(24)11-16/h1-4,7-8,11-12,14,19H,5-6,9-10,13H2,(H2,24,26)/t19-/m0/s1. The van der Waals surface area contributed by atoms with Crippen molar-refractivity contribution in [2.24, 2.45) is 0 Å². The molecule has 0 radical (unpaired) electrons. The van der Waals surface area contributed by atoms with Gasteiger partial charge in [0.05, 0.1) is 18.8 Å². The molecule has 0 unspecified atom stereocenters. The number of aryl methyl sites for hydroxylation is 1. The number of hydrogen-bond acceptors (Lipinski definition) is 6. The first-order valence-corrected chi connectivity index (χ1v) is 9.76. The van der Waals surface area contributed by atoms with Crippen LogP contribution in [0.15, 0.2) is 55.1 Å². The molecule has 0 aliphatic carbocycles. The SMILES string of the molecule is Nc1cc(-c2cncnc2[C@@H]2CN(C(=O)CCc3ccccc3F)CCO2)ccn1. The first-order chi connectivity index (χ1) is 14.6. The summed E-state index contributed by atoms with van der Waals surface area (Å²) in [6.07, 6.45) is 5.02. The number of amides is 1. The van der Waals surface area contributed by atoms with Crippen molar-refractivity contribution in [1.82, 2.24) is 19.9 Å². The molecule has 1 saturated heterocycles. The zero-order valence-electron chi connectivity index (χ0n) is 16.4. The number of rotatable bonds is 5. The number of benzene rings is 1. The van der Waals surface area contributed by atoms with Crippen molar-refractivity contribution < 1.29 is 13.9 Å². The van der Waals surface area contributed by atoms with E-state index in [2.05, 4.69) is 15.0 Å². The summed E-state index contributed by atoms with van der Waals surface area (Å²) in [5.74, 6) is 0.0829. The Bertz CT molecular complexity index is 1050. The summed E-state index contributed by atoms with van der Waals surface area (Å²) < 4.78 is 19.8. The predicted octanol–water partition coefficient (Wildman–Crippen LogP) is 2.79. The number of anilines is 1. The summed E-state index contributed by atoms with van der Waals surface area (Å²) in [6.45, 7) is 1.27. The molecule has 154 valence electrons. The molecule has 2 N–H and O–H groups in total. The normalized spacial score (nSPS) is 16.4. The van der Waals surface area contributed by atoms with E-state index in [4.69, 9.17) is 10.5 Å². The van der Waals surface area contributed by atoms with Crippen LogP contribution in [0.1, 0.15) is 23.8 Å². The van der Waals surface area contributed by atoms with Crippen molar-refractivity contribution in [2.45, 2.75) is 18.9 Å². The van der Waals surface area contributed by atoms with Gasteiger partial charge in [0, 0.05) is 30.9 Å². The van der Waals surface area contributed by atoms with Crippen LogP contribution >= 0.6 is 0 Å². The number of carbonyl (C=O) groups excluding carboxylic acids is 1. The molecule has 0 saturated carbocycles. The smallest absolute Gasteiger partial charge is 0.223 e. The van der Waals surface area contributed by atoms with Crippen LogP contribution in [0.4, 0.5) is 10.2 Å². The predicted molar refractivity (Wildman–Crippen MR) is 110 cm³/mol. The Morgan fingerprint density at radius 1 is 1.27 bits per heavy atom. The van der Waals surface area contributed by atoms with Crippen LogP contribution in [0, 0.1) is 5.82 Å². The average molecular weight is 407 g/mol. The lowest BCUT2D eigenvalue weighted by Crippen LogP contribution is -2.42. The molecule has 1 atom stereocenters. The largest absolute Gasteiger partial charge is 0.384 e. The fourth-order valence-electron chi connectivity index (χ4n) is 3.58. The van der Waals surface area contributed by atoms with Gasteiger partial charge < -0.3 is 15.4 Å². The molecule has 3 heterocycles. The van der Waals surface area contributed by atoms with E-state index in [9.17, 15) is 9.18 Å². The summed E-state index contributed by atoms with van der Waals surface area (Å²) in [5.41, 5.74) is 8.68. The second kappa shape index (κ2) is 8.96. The molecule has 0 spiro atoms. The number of pyridine rings is 1. The van der Waals surface area contributed by atoms with E-state index in [1.807, 2.05) is 6.07 Å². The van der Waals surface area contributed by atoms with Crippen LogP contribution in [0.25, 0.3) is 11.1 Å². The van der Waals surface area contributed by atoms with Gasteiger partial charge in [0.25, 0.3) is 0 Å². The lowest BCUT2D eigenvalue weighted by atomic mass is 10.0. The fraction of sp³-hybridized carbons (Fsp3) is 0.273. The molecule has 3 aromatic rings. The molecule has 2 aromatic heterocycles. The van der Waals surface area contributed by atoms with Gasteiger partial charge in [0.1, 0.15) is 24.1 Å². The number of ether oxygens (including phenoxy) is 1. The summed E-state index contributed by atoms with van der Waals surface area (Å²) in [5, 5.41) is 0. The second-order valence-corrected chi connectivity index (χ2v) is 7.08. The highest BCUT2D eigenvalue weighted by Crippen LogP contribution is 2.30. The molecule has 0 bridgehead atoms. The van der Waals surface area contributed by atoms with Crippen molar-refractivity contribution in [2.75, 3.05) is 25.4 Å². The second-order valence-electron chi connectivity index (χ2n) is 7.08. The third kappa shape index (κ3) is 4.44. The lowest BCUT2D eigenvalue weighted by molar-refractivity contribution is -0.139. The van der Waals surface area contributed by atoms with E-state index in [0.717, 1.165) is 11.1 Å². The van der Waals surface area contributed by atoms with Crippen LogP contribution in [0.2, 0.25) is 0 Å². The Kier molecular flexibility index (Phi) is 5.94. The Morgan fingerprint density at radius 2 is 2.13 bits per heavy atom. The highest BCUT2D eigenvalue weighted by atomic mass is 19.1. The van der Waals surface area contributed by atoms with Crippen molar-refractivity contribution in [3.05, 3.63) is 72.2 Å². The maximum Gasteiger partial charge on any atom is 0.223 e. The van der Waals surface area contributed by atoms with Crippen LogP contribution in [0.5, 0.6) is 0 Å². The zero-order chi connectivity index (χ0) is 20.9. The van der Waals surface area contributed by atoms with E-state index in [1.165, 1.54) is 12.4 Å². The molecule has 1 aliphatic heterocycles. The van der Waals surface area contributed by atoms with Gasteiger partial charge in [-0.05, 0) is 35.7 Å². The van der Waals surface area contributed by atoms with Gasteiger partial charge in [-0.25, -0.2) is 19.3 Å². The molecule has 1 aromatic carbocycles. The minimum absolute atomic E-state index is 0.0321. The van der Waals surface area contributed by atoms with Gasteiger partial charge in [0.2, 0.25) is 5.91 Å². The number of carbonyl (C=O) groups is 1. The summed E-state index contributed by atoms with van der Waals surface area (Å²) in [4.78, 5) is 27.1. The molecular formula is C22H22FN5O2. The highest BCUT2D eigenvalue weighted by molar-refractivity contribution is 5.76. The molecule has 1 aliphatic rings. The average Bonchev–Trinajstić information content (AvgIpc) is 2.78. The summed E-state index contributed by atoms with van der Waals surface area (Å²) in [6, 6.07) is 10.1. The van der Waals surface area contributed by atoms with Gasteiger partial charge in [0.15, 0.2) is 0 Å². The minimum Gasteiger partial charge on any atom is -0.384 e. The third-order valence-corrected chi connectivity index (χ3v) is 5.13. The lowest BCUT2D eigenvalue weighted by Gasteiger charge is -2.33. The number of nitrogens with zero attached hydrogens (tertiary/aromatic N) is 4. The molecule has 8 heteroatoms. The van der Waals surface area contributed by atoms with Crippen LogP contribution in [-0.2, 0) is 16.0 Å². The summed E-state index contributed by atoms with van der Waals surface area (Å²) in [7, 11) is 0. The Morgan fingerprint density at radius 3 is 2.97 bits per heavy atom. The molecule has 1 amide bonds. The number of aromatic nitrogens is 3. The van der Waals surface area contributed by atoms with Gasteiger partial charge in [-0.3, -0.25) is 4.79 Å². The van der Waals surface area contributed by atoms with Gasteiger partial charge in [-0.15, -0.1) is 0 Å². The van der Waals surface area contributed by atoms with Crippen molar-refractivity contribution in [3.8, 4) is 11.1 Å². The number of halogens is 1. The quantitative estimate of drug-likeness (QED) is 0.699. The van der Waals surface area contributed by atoms with E-state index < -0.39 is 0 Å². The maximum absolute atomic E-state index is 13.8. The van der Waals surface area contributed by atoms with Crippen LogP contribution in [-0.4, -0.2) is 45.5 Å². The number of nitrogen functional groups attached to an aromatic ring is 1. The van der Waals surface area contributed by atoms with Crippen molar-refractivity contribution >= 4 is 11.7 Å². The molecule has 30 heavy (non-hydrogen) atoms. The van der Waals surface area contributed by atoms with Crippen molar-refractivity contribution in [3.63, 3.8) is 0 Å². The number of morpholine rings is 1. The van der Waals surface area contributed by atoms with Gasteiger partial charge >= 0.3 is 0 Å². The maximum atomic E-state index is 13.8. The Labute approximate surface area is 173 Å². The minimum atomic E-state index is -0.386. The van der Waals surface area contributed by atoms with Crippen LogP contribution in [0.3, 0.4) is 0 Å². The first kappa shape index (κ1) is 19.9. The zero-order valence-corrected chi connectivity index (χ0v) is 16.4. The first-order valence-electron chi connectivity index (χ1n) is 9.76. The highest BCUT2D eigenvalue weighted by Gasteiger charge is 2.28. The monoisotopic (exact) mass is 407 g/mol.